The molecule has 0 aromatic heterocycles. The Balaban J connectivity index is 2.53. The average Bonchev–Trinajstić information content (AvgIpc) is 2.23. The van der Waals surface area contributed by atoms with Crippen LogP contribution in [0.5, 0.6) is 0 Å². The molecule has 2 heteroatoms. The first-order valence-electron chi connectivity index (χ1n) is 5.60. The lowest BCUT2D eigenvalue weighted by molar-refractivity contribution is -0.0190. The summed E-state index contributed by atoms with van der Waals surface area (Å²) >= 11 is 0. The summed E-state index contributed by atoms with van der Waals surface area (Å²) in [5.41, 5.74) is 8.47. The predicted molar refractivity (Wildman–Crippen MR) is 61.6 cm³/mol. The lowest BCUT2D eigenvalue weighted by atomic mass is 9.72. The van der Waals surface area contributed by atoms with Crippen LogP contribution in [0, 0.1) is 12.8 Å². The third kappa shape index (κ3) is 1.58. The highest BCUT2D eigenvalue weighted by molar-refractivity contribution is 5.38. The van der Waals surface area contributed by atoms with Crippen molar-refractivity contribution in [2.24, 2.45) is 11.7 Å². The van der Waals surface area contributed by atoms with E-state index in [1.807, 2.05) is 6.07 Å². The summed E-state index contributed by atoms with van der Waals surface area (Å²) in [5.74, 6) is 0.248. The molecular formula is C13H19NO. The molecule has 15 heavy (non-hydrogen) atoms. The Bertz CT molecular complexity index is 375. The molecule has 2 rings (SSSR count). The molecule has 0 heterocycles. The number of rotatable bonds is 1. The van der Waals surface area contributed by atoms with Crippen molar-refractivity contribution in [3.05, 3.63) is 34.9 Å². The summed E-state index contributed by atoms with van der Waals surface area (Å²) in [6, 6.07) is 6.26. The molecule has 1 aliphatic carbocycles. The topological polar surface area (TPSA) is 46.2 Å². The van der Waals surface area contributed by atoms with Crippen molar-refractivity contribution in [1.29, 1.82) is 0 Å². The molecule has 3 N–H and O–H groups in total. The first-order chi connectivity index (χ1) is 7.08. The highest BCUT2D eigenvalue weighted by atomic mass is 16.3. The van der Waals surface area contributed by atoms with Crippen LogP contribution in [-0.2, 0) is 12.0 Å². The SMILES string of the molecule is Cc1ccc2c(c1)CCC(C)C2(O)CN. The van der Waals surface area contributed by atoms with E-state index < -0.39 is 5.60 Å². The highest BCUT2D eigenvalue weighted by Gasteiger charge is 2.38. The van der Waals surface area contributed by atoms with Crippen LogP contribution in [0.1, 0.15) is 30.0 Å². The standard InChI is InChI=1S/C13H19NO/c1-9-3-6-12-11(7-9)5-4-10(2)13(12,15)8-14/h3,6-7,10,15H,4-5,8,14H2,1-2H3. The minimum atomic E-state index is -0.818. The molecule has 0 spiro atoms. The summed E-state index contributed by atoms with van der Waals surface area (Å²) in [6.07, 6.45) is 2.07. The van der Waals surface area contributed by atoms with Crippen molar-refractivity contribution in [1.82, 2.24) is 0 Å². The molecule has 0 fully saturated rings. The van der Waals surface area contributed by atoms with Gasteiger partial charge in [-0.1, -0.05) is 30.7 Å². The maximum Gasteiger partial charge on any atom is 0.105 e. The summed E-state index contributed by atoms with van der Waals surface area (Å²) in [6.45, 7) is 4.47. The molecule has 1 aromatic rings. The smallest absolute Gasteiger partial charge is 0.105 e. The summed E-state index contributed by atoms with van der Waals surface area (Å²) < 4.78 is 0. The van der Waals surface area contributed by atoms with Crippen molar-refractivity contribution in [3.63, 3.8) is 0 Å². The second kappa shape index (κ2) is 3.62. The molecule has 0 amide bonds. The van der Waals surface area contributed by atoms with Gasteiger partial charge in [-0.15, -0.1) is 0 Å². The van der Waals surface area contributed by atoms with E-state index in [0.29, 0.717) is 6.54 Å². The fourth-order valence-electron chi connectivity index (χ4n) is 2.54. The Hall–Kier alpha value is -0.860. The molecule has 0 saturated heterocycles. The van der Waals surface area contributed by atoms with Crippen LogP contribution in [0.15, 0.2) is 18.2 Å². The van der Waals surface area contributed by atoms with Gasteiger partial charge in [0.2, 0.25) is 0 Å². The first kappa shape index (κ1) is 10.7. The zero-order valence-corrected chi connectivity index (χ0v) is 9.46. The van der Waals surface area contributed by atoms with Crippen molar-refractivity contribution in [3.8, 4) is 0 Å². The molecule has 2 unspecified atom stereocenters. The Morgan fingerprint density at radius 1 is 1.53 bits per heavy atom. The maximum absolute atomic E-state index is 10.6. The van der Waals surface area contributed by atoms with Gasteiger partial charge in [0.05, 0.1) is 0 Å². The highest BCUT2D eigenvalue weighted by Crippen LogP contribution is 2.39. The fraction of sp³-hybridized carbons (Fsp3) is 0.538. The minimum absolute atomic E-state index is 0.248. The third-order valence-corrected chi connectivity index (χ3v) is 3.70. The molecule has 1 aliphatic rings. The van der Waals surface area contributed by atoms with Gasteiger partial charge in [-0.2, -0.15) is 0 Å². The second-order valence-electron chi connectivity index (χ2n) is 4.73. The number of fused-ring (bicyclic) bond motifs is 1. The zero-order chi connectivity index (χ0) is 11.1. The van der Waals surface area contributed by atoms with Gasteiger partial charge >= 0.3 is 0 Å². The van der Waals surface area contributed by atoms with Crippen LogP contribution in [0.25, 0.3) is 0 Å². The van der Waals surface area contributed by atoms with Crippen LogP contribution >= 0.6 is 0 Å². The fourth-order valence-corrected chi connectivity index (χ4v) is 2.54. The van der Waals surface area contributed by atoms with E-state index in [2.05, 4.69) is 26.0 Å². The normalized spacial score (nSPS) is 30.0. The van der Waals surface area contributed by atoms with E-state index in [4.69, 9.17) is 5.73 Å². The molecule has 2 nitrogen and oxygen atoms in total. The van der Waals surface area contributed by atoms with Crippen molar-refractivity contribution in [2.75, 3.05) is 6.54 Å². The monoisotopic (exact) mass is 205 g/mol. The third-order valence-electron chi connectivity index (χ3n) is 3.70. The summed E-state index contributed by atoms with van der Waals surface area (Å²) in [4.78, 5) is 0. The van der Waals surface area contributed by atoms with Gasteiger partial charge in [0.1, 0.15) is 5.60 Å². The number of hydrogen-bond donors (Lipinski definition) is 2. The Morgan fingerprint density at radius 3 is 2.93 bits per heavy atom. The molecular weight excluding hydrogens is 186 g/mol. The van der Waals surface area contributed by atoms with E-state index in [1.54, 1.807) is 0 Å². The van der Waals surface area contributed by atoms with Crippen molar-refractivity contribution in [2.45, 2.75) is 32.3 Å². The van der Waals surface area contributed by atoms with Gasteiger partial charge in [0.25, 0.3) is 0 Å². The molecule has 0 bridgehead atoms. The Labute approximate surface area is 91.1 Å². The molecule has 2 atom stereocenters. The largest absolute Gasteiger partial charge is 0.384 e. The lowest BCUT2D eigenvalue weighted by Gasteiger charge is -2.39. The van der Waals surface area contributed by atoms with E-state index in [-0.39, 0.29) is 5.92 Å². The van der Waals surface area contributed by atoms with E-state index >= 15 is 0 Å². The Kier molecular flexibility index (Phi) is 2.57. The summed E-state index contributed by atoms with van der Waals surface area (Å²) in [5, 5.41) is 10.6. The number of aryl methyl sites for hydroxylation is 2. The molecule has 1 aromatic carbocycles. The number of hydrogen-bond acceptors (Lipinski definition) is 2. The molecule has 0 aliphatic heterocycles. The van der Waals surface area contributed by atoms with Crippen LogP contribution in [-0.4, -0.2) is 11.7 Å². The maximum atomic E-state index is 10.6. The van der Waals surface area contributed by atoms with Gasteiger partial charge in [-0.05, 0) is 36.8 Å². The molecule has 0 saturated carbocycles. The van der Waals surface area contributed by atoms with Gasteiger partial charge in [0, 0.05) is 6.54 Å². The first-order valence-corrected chi connectivity index (χ1v) is 5.60. The van der Waals surface area contributed by atoms with Crippen LogP contribution in [0.2, 0.25) is 0 Å². The van der Waals surface area contributed by atoms with Crippen LogP contribution < -0.4 is 5.73 Å². The van der Waals surface area contributed by atoms with E-state index in [9.17, 15) is 5.11 Å². The van der Waals surface area contributed by atoms with Gasteiger partial charge in [0.15, 0.2) is 0 Å². The number of benzene rings is 1. The van der Waals surface area contributed by atoms with Crippen molar-refractivity contribution < 1.29 is 5.11 Å². The van der Waals surface area contributed by atoms with Gasteiger partial charge in [-0.3, -0.25) is 0 Å². The second-order valence-corrected chi connectivity index (χ2v) is 4.73. The van der Waals surface area contributed by atoms with Crippen molar-refractivity contribution >= 4 is 0 Å². The predicted octanol–water partition coefficient (Wildman–Crippen LogP) is 1.72. The van der Waals surface area contributed by atoms with Crippen LogP contribution in [0.4, 0.5) is 0 Å². The molecule has 0 radical (unpaired) electrons. The van der Waals surface area contributed by atoms with E-state index in [0.717, 1.165) is 18.4 Å². The Morgan fingerprint density at radius 2 is 2.27 bits per heavy atom. The summed E-state index contributed by atoms with van der Waals surface area (Å²) in [7, 11) is 0. The minimum Gasteiger partial charge on any atom is -0.384 e. The van der Waals surface area contributed by atoms with Crippen LogP contribution in [0.3, 0.4) is 0 Å². The average molecular weight is 205 g/mol. The number of aliphatic hydroxyl groups is 1. The molecule has 82 valence electrons. The van der Waals surface area contributed by atoms with Gasteiger partial charge < -0.3 is 10.8 Å². The van der Waals surface area contributed by atoms with Gasteiger partial charge in [-0.25, -0.2) is 0 Å². The lowest BCUT2D eigenvalue weighted by Crippen LogP contribution is -2.44. The quantitative estimate of drug-likeness (QED) is 0.733. The van der Waals surface area contributed by atoms with E-state index in [1.165, 1.54) is 11.1 Å². The number of nitrogens with two attached hydrogens (primary N) is 1. The zero-order valence-electron chi connectivity index (χ0n) is 9.46.